The number of alkyl halides is 2. The zero-order valence-electron chi connectivity index (χ0n) is 21.0. The fraction of sp³-hybridized carbons (Fsp3) is 0.214. The van der Waals surface area contributed by atoms with Crippen LogP contribution in [0, 0.1) is 12.1 Å². The number of aromatic nitrogens is 6. The average Bonchev–Trinajstić information content (AvgIpc) is 3.69. The largest absolute Gasteiger partial charge is 0.340 e. The number of halogens is 3. The summed E-state index contributed by atoms with van der Waals surface area (Å²) in [6.07, 6.45) is 8.44. The highest BCUT2D eigenvalue weighted by Gasteiger charge is 2.37. The summed E-state index contributed by atoms with van der Waals surface area (Å²) in [5, 5.41) is 8.03. The summed E-state index contributed by atoms with van der Waals surface area (Å²) in [7, 11) is 0. The van der Waals surface area contributed by atoms with Gasteiger partial charge in [0.1, 0.15) is 5.69 Å². The van der Waals surface area contributed by atoms with Crippen LogP contribution in [0.3, 0.4) is 0 Å². The molecule has 1 aliphatic heterocycles. The summed E-state index contributed by atoms with van der Waals surface area (Å²) in [5.74, 6) is -2.08. The number of fused-ring (bicyclic) bond motifs is 1. The predicted molar refractivity (Wildman–Crippen MR) is 146 cm³/mol. The second kappa shape index (κ2) is 9.90. The van der Waals surface area contributed by atoms with Crippen LogP contribution in [0.15, 0.2) is 61.6 Å². The van der Waals surface area contributed by atoms with E-state index in [-0.39, 0.29) is 18.1 Å². The Balaban J connectivity index is 1.33. The van der Waals surface area contributed by atoms with Crippen molar-refractivity contribution in [3.63, 3.8) is 0 Å². The number of H-pyrrole nitrogens is 2. The molecule has 1 saturated heterocycles. The molecule has 0 unspecified atom stereocenters. The second-order valence-corrected chi connectivity index (χ2v) is 10.6. The van der Waals surface area contributed by atoms with E-state index in [9.17, 15) is 13.2 Å². The molecule has 1 aliphatic rings. The lowest BCUT2D eigenvalue weighted by Crippen LogP contribution is -2.24. The molecule has 1 fully saturated rings. The van der Waals surface area contributed by atoms with Crippen LogP contribution in [0.25, 0.3) is 39.3 Å². The number of nitrogens with one attached hydrogen (secondary N) is 2. The molecule has 11 heteroatoms. The zero-order chi connectivity index (χ0) is 27.1. The van der Waals surface area contributed by atoms with Crippen molar-refractivity contribution < 1.29 is 13.2 Å². The van der Waals surface area contributed by atoms with Crippen molar-refractivity contribution in [1.29, 1.82) is 0 Å². The molecular formula is C28H24F3N7S. The molecule has 0 spiro atoms. The lowest BCUT2D eigenvalue weighted by atomic mass is 10.1. The van der Waals surface area contributed by atoms with Gasteiger partial charge in [-0.05, 0) is 36.8 Å². The van der Waals surface area contributed by atoms with Gasteiger partial charge in [0, 0.05) is 59.0 Å². The maximum absolute atomic E-state index is 13.8. The predicted octanol–water partition coefficient (Wildman–Crippen LogP) is 6.38. The van der Waals surface area contributed by atoms with Crippen LogP contribution in [0.5, 0.6) is 0 Å². The lowest BCUT2D eigenvalue weighted by molar-refractivity contribution is 0.0115. The van der Waals surface area contributed by atoms with Crippen molar-refractivity contribution in [2.24, 2.45) is 0 Å². The molecule has 6 rings (SSSR count). The van der Waals surface area contributed by atoms with E-state index in [0.717, 1.165) is 49.5 Å². The van der Waals surface area contributed by atoms with Gasteiger partial charge in [-0.3, -0.25) is 20.0 Å². The smallest absolute Gasteiger partial charge is 0.261 e. The van der Waals surface area contributed by atoms with Gasteiger partial charge in [0.05, 0.1) is 29.6 Å². The molecule has 0 bridgehead atoms. The number of aromatic amines is 2. The third-order valence-electron chi connectivity index (χ3n) is 6.68. The Kier molecular flexibility index (Phi) is 6.40. The number of allylic oxidation sites excluding steroid dienone is 2. The number of imidazole rings is 1. The summed E-state index contributed by atoms with van der Waals surface area (Å²) in [6.45, 7) is 6.22. The van der Waals surface area contributed by atoms with Gasteiger partial charge in [-0.2, -0.15) is 9.49 Å². The number of hydrogen-bond acceptors (Lipinski definition) is 6. The van der Waals surface area contributed by atoms with E-state index in [1.807, 2.05) is 25.1 Å². The first-order valence-corrected chi connectivity index (χ1v) is 13.2. The van der Waals surface area contributed by atoms with E-state index in [1.165, 1.54) is 6.07 Å². The summed E-state index contributed by atoms with van der Waals surface area (Å²) >= 11 is 1.05. The van der Waals surface area contributed by atoms with Crippen molar-refractivity contribution >= 4 is 27.8 Å². The molecule has 0 atom stereocenters. The molecule has 0 amide bonds. The fourth-order valence-electron chi connectivity index (χ4n) is 4.86. The SMILES string of the molecule is C=C/C=C(/c1ccc(F)s1)c1nc(-c2n[nH]c3cnc(-c4cncc(CN5CCC(F)(F)C5)c4)cc23)[nH]c1C. The van der Waals surface area contributed by atoms with Crippen molar-refractivity contribution in [3.05, 3.63) is 88.5 Å². The maximum atomic E-state index is 13.8. The maximum Gasteiger partial charge on any atom is 0.261 e. The van der Waals surface area contributed by atoms with Gasteiger partial charge in [-0.15, -0.1) is 11.3 Å². The van der Waals surface area contributed by atoms with E-state index >= 15 is 0 Å². The molecule has 6 heterocycles. The second-order valence-electron chi connectivity index (χ2n) is 9.56. The molecule has 0 aromatic carbocycles. The number of nitrogens with zero attached hydrogens (tertiary/aromatic N) is 5. The number of hydrogen-bond donors (Lipinski definition) is 2. The number of likely N-dealkylation sites (tertiary alicyclic amines) is 1. The molecule has 198 valence electrons. The van der Waals surface area contributed by atoms with Crippen LogP contribution in [-0.4, -0.2) is 54.0 Å². The minimum Gasteiger partial charge on any atom is -0.340 e. The van der Waals surface area contributed by atoms with Crippen molar-refractivity contribution in [1.82, 2.24) is 35.0 Å². The molecular weight excluding hydrogens is 523 g/mol. The molecule has 5 aromatic heterocycles. The Morgan fingerprint density at radius 3 is 2.85 bits per heavy atom. The first-order chi connectivity index (χ1) is 18.8. The molecule has 0 radical (unpaired) electrons. The Hall–Kier alpha value is -4.09. The number of aryl methyl sites for hydroxylation is 1. The normalized spacial score (nSPS) is 15.8. The van der Waals surface area contributed by atoms with Crippen LogP contribution < -0.4 is 0 Å². The number of pyridine rings is 2. The van der Waals surface area contributed by atoms with E-state index in [0.29, 0.717) is 36.0 Å². The van der Waals surface area contributed by atoms with Crippen molar-refractivity contribution in [2.45, 2.75) is 25.8 Å². The number of thiophene rings is 1. The highest BCUT2D eigenvalue weighted by atomic mass is 32.1. The van der Waals surface area contributed by atoms with Crippen LogP contribution in [0.4, 0.5) is 13.2 Å². The fourth-order valence-corrected chi connectivity index (χ4v) is 5.62. The summed E-state index contributed by atoms with van der Waals surface area (Å²) in [6, 6.07) is 6.99. The van der Waals surface area contributed by atoms with E-state index < -0.39 is 5.92 Å². The molecule has 0 aliphatic carbocycles. The van der Waals surface area contributed by atoms with Crippen molar-refractivity contribution in [3.8, 4) is 22.8 Å². The minimum absolute atomic E-state index is 0.120. The highest BCUT2D eigenvalue weighted by molar-refractivity contribution is 7.11. The van der Waals surface area contributed by atoms with Crippen molar-refractivity contribution in [2.75, 3.05) is 13.1 Å². The standard InChI is InChI=1S/C28H24F3N7S/c1-3-4-19(23-5-6-24(29)39-23)25-16(2)34-27(35-25)26-20-10-21(33-13-22(20)36-37-26)18-9-17(11-32-12-18)14-38-8-7-28(30,31)15-38/h3-6,9-13H,1,7-8,14-15H2,2H3,(H,34,35)(H,36,37)/b19-4-. The molecule has 7 nitrogen and oxygen atoms in total. The van der Waals surface area contributed by atoms with E-state index in [4.69, 9.17) is 4.98 Å². The first kappa shape index (κ1) is 25.2. The molecule has 2 N–H and O–H groups in total. The van der Waals surface area contributed by atoms with Gasteiger partial charge in [0.25, 0.3) is 5.92 Å². The molecule has 39 heavy (non-hydrogen) atoms. The average molecular weight is 548 g/mol. The highest BCUT2D eigenvalue weighted by Crippen LogP contribution is 2.34. The van der Waals surface area contributed by atoms with Gasteiger partial charge in [0.15, 0.2) is 11.0 Å². The summed E-state index contributed by atoms with van der Waals surface area (Å²) in [4.78, 5) is 19.5. The Morgan fingerprint density at radius 2 is 2.10 bits per heavy atom. The Morgan fingerprint density at radius 1 is 1.23 bits per heavy atom. The van der Waals surface area contributed by atoms with Gasteiger partial charge in [0.2, 0.25) is 0 Å². The monoisotopic (exact) mass is 547 g/mol. The Labute approximate surface area is 226 Å². The lowest BCUT2D eigenvalue weighted by Gasteiger charge is -2.15. The summed E-state index contributed by atoms with van der Waals surface area (Å²) in [5.41, 5.74) is 5.90. The first-order valence-electron chi connectivity index (χ1n) is 12.3. The van der Waals surface area contributed by atoms with Crippen LogP contribution in [0.1, 0.15) is 28.2 Å². The quantitative estimate of drug-likeness (QED) is 0.231. The minimum atomic E-state index is -2.64. The van der Waals surface area contributed by atoms with Crippen LogP contribution in [0.2, 0.25) is 0 Å². The Bertz CT molecular complexity index is 1720. The topological polar surface area (TPSA) is 86.4 Å². The molecule has 5 aromatic rings. The summed E-state index contributed by atoms with van der Waals surface area (Å²) < 4.78 is 41.0. The zero-order valence-corrected chi connectivity index (χ0v) is 21.8. The van der Waals surface area contributed by atoms with Gasteiger partial charge in [-0.25, -0.2) is 13.8 Å². The van der Waals surface area contributed by atoms with E-state index in [2.05, 4.69) is 31.7 Å². The third kappa shape index (κ3) is 5.02. The number of rotatable bonds is 7. The van der Waals surface area contributed by atoms with Crippen LogP contribution in [-0.2, 0) is 6.54 Å². The van der Waals surface area contributed by atoms with Gasteiger partial charge in [-0.1, -0.05) is 18.7 Å². The van der Waals surface area contributed by atoms with Crippen LogP contribution >= 0.6 is 11.3 Å². The molecule has 0 saturated carbocycles. The van der Waals surface area contributed by atoms with Gasteiger partial charge < -0.3 is 4.98 Å². The van der Waals surface area contributed by atoms with E-state index in [1.54, 1.807) is 35.6 Å². The van der Waals surface area contributed by atoms with Gasteiger partial charge >= 0.3 is 0 Å². The third-order valence-corrected chi connectivity index (χ3v) is 7.59.